The molecule has 9 heteroatoms. The van der Waals surface area contributed by atoms with Crippen molar-refractivity contribution < 1.29 is 14.3 Å². The third-order valence-corrected chi connectivity index (χ3v) is 8.08. The fourth-order valence-electron chi connectivity index (χ4n) is 4.57. The van der Waals surface area contributed by atoms with E-state index in [1.807, 2.05) is 30.3 Å². The zero-order valence-electron chi connectivity index (χ0n) is 20.6. The van der Waals surface area contributed by atoms with Gasteiger partial charge in [0.1, 0.15) is 11.8 Å². The number of halogens is 4. The molecular formula is C29H28BrCl3N2O3. The van der Waals surface area contributed by atoms with Crippen molar-refractivity contribution in [3.63, 3.8) is 0 Å². The molecule has 0 saturated heterocycles. The van der Waals surface area contributed by atoms with E-state index < -0.39 is 6.04 Å². The molecule has 4 rings (SSSR count). The monoisotopic (exact) mass is 636 g/mol. The summed E-state index contributed by atoms with van der Waals surface area (Å²) in [6, 6.07) is 19.4. The minimum Gasteiger partial charge on any atom is -0.482 e. The van der Waals surface area contributed by atoms with E-state index in [1.54, 1.807) is 41.3 Å². The maximum absolute atomic E-state index is 13.7. The molecule has 1 aliphatic rings. The first-order chi connectivity index (χ1) is 18.3. The highest BCUT2D eigenvalue weighted by atomic mass is 79.9. The maximum atomic E-state index is 13.7. The lowest BCUT2D eigenvalue weighted by Gasteiger charge is -2.32. The molecule has 3 aromatic rings. The van der Waals surface area contributed by atoms with E-state index in [1.165, 1.54) is 0 Å². The van der Waals surface area contributed by atoms with Crippen LogP contribution in [0.1, 0.15) is 36.8 Å². The summed E-state index contributed by atoms with van der Waals surface area (Å²) in [7, 11) is 0. The number of rotatable bonds is 10. The molecule has 2 amide bonds. The average molecular weight is 639 g/mol. The van der Waals surface area contributed by atoms with Crippen LogP contribution in [0.2, 0.25) is 15.1 Å². The van der Waals surface area contributed by atoms with Gasteiger partial charge in [0.2, 0.25) is 5.91 Å². The smallest absolute Gasteiger partial charge is 0.261 e. The van der Waals surface area contributed by atoms with Crippen LogP contribution in [0.3, 0.4) is 0 Å². The second-order valence-electron chi connectivity index (χ2n) is 9.33. The molecule has 0 aliphatic heterocycles. The predicted octanol–water partition coefficient (Wildman–Crippen LogP) is 7.49. The summed E-state index contributed by atoms with van der Waals surface area (Å²) >= 11 is 22.1. The number of amides is 2. The van der Waals surface area contributed by atoms with Crippen molar-refractivity contribution in [2.24, 2.45) is 0 Å². The number of ether oxygens (including phenoxy) is 1. The van der Waals surface area contributed by atoms with E-state index in [0.29, 0.717) is 27.2 Å². The van der Waals surface area contributed by atoms with E-state index in [2.05, 4.69) is 21.2 Å². The van der Waals surface area contributed by atoms with Gasteiger partial charge in [0.15, 0.2) is 6.61 Å². The Morgan fingerprint density at radius 3 is 2.34 bits per heavy atom. The number of hydrogen-bond donors (Lipinski definition) is 1. The van der Waals surface area contributed by atoms with Gasteiger partial charge in [-0.2, -0.15) is 0 Å². The maximum Gasteiger partial charge on any atom is 0.261 e. The summed E-state index contributed by atoms with van der Waals surface area (Å²) in [6.45, 7) is -0.132. The summed E-state index contributed by atoms with van der Waals surface area (Å²) in [5.41, 5.74) is 1.70. The number of hydrogen-bond acceptors (Lipinski definition) is 3. The van der Waals surface area contributed by atoms with E-state index in [0.717, 1.165) is 41.3 Å². The second-order valence-corrected chi connectivity index (χ2v) is 11.5. The normalized spacial score (nSPS) is 14.2. The van der Waals surface area contributed by atoms with Gasteiger partial charge in [0, 0.05) is 23.5 Å². The van der Waals surface area contributed by atoms with Crippen molar-refractivity contribution >= 4 is 62.5 Å². The minimum atomic E-state index is -0.760. The standard InChI is InChI=1S/C29H28BrCl3N2O3/c30-21-11-13-27(25(33)16-21)38-18-28(36)35(17-20-10-12-23(31)24(32)14-20)26(15-19-6-2-1-3-7-19)29(37)34-22-8-4-5-9-22/h1-3,6-7,10-14,16,22,26H,4-5,8-9,15,17-18H2,(H,34,37)/t26-/m1/s1. The summed E-state index contributed by atoms with van der Waals surface area (Å²) in [5.74, 6) is -0.152. The number of carbonyl (C=O) groups excluding carboxylic acids is 2. The van der Waals surface area contributed by atoms with Gasteiger partial charge in [0.05, 0.1) is 15.1 Å². The summed E-state index contributed by atoms with van der Waals surface area (Å²) in [4.78, 5) is 29.0. The molecule has 0 spiro atoms. The number of nitrogens with zero attached hydrogens (tertiary/aromatic N) is 1. The van der Waals surface area contributed by atoms with E-state index in [9.17, 15) is 9.59 Å². The van der Waals surface area contributed by atoms with E-state index in [-0.39, 0.29) is 31.0 Å². The molecule has 3 aromatic carbocycles. The van der Waals surface area contributed by atoms with Crippen molar-refractivity contribution in [2.45, 2.75) is 50.7 Å². The molecule has 5 nitrogen and oxygen atoms in total. The topological polar surface area (TPSA) is 58.6 Å². The van der Waals surface area contributed by atoms with Crippen LogP contribution < -0.4 is 10.1 Å². The Balaban J connectivity index is 1.63. The quantitative estimate of drug-likeness (QED) is 0.251. The Kier molecular flexibility index (Phi) is 10.4. The molecular weight excluding hydrogens is 611 g/mol. The lowest BCUT2D eigenvalue weighted by atomic mass is 10.0. The van der Waals surface area contributed by atoms with Crippen LogP contribution in [0.4, 0.5) is 0 Å². The molecule has 1 N–H and O–H groups in total. The van der Waals surface area contributed by atoms with Crippen LogP contribution in [-0.4, -0.2) is 35.4 Å². The van der Waals surface area contributed by atoms with Crippen LogP contribution in [0, 0.1) is 0 Å². The van der Waals surface area contributed by atoms with Crippen LogP contribution >= 0.6 is 50.7 Å². The van der Waals surface area contributed by atoms with Crippen LogP contribution in [0.5, 0.6) is 5.75 Å². The van der Waals surface area contributed by atoms with Crippen molar-refractivity contribution in [1.29, 1.82) is 0 Å². The highest BCUT2D eigenvalue weighted by Crippen LogP contribution is 2.28. The Bertz CT molecular complexity index is 1270. The highest BCUT2D eigenvalue weighted by Gasteiger charge is 2.32. The number of benzene rings is 3. The third-order valence-electron chi connectivity index (χ3n) is 6.55. The third kappa shape index (κ3) is 7.89. The van der Waals surface area contributed by atoms with Gasteiger partial charge < -0.3 is 15.0 Å². The number of carbonyl (C=O) groups is 2. The summed E-state index contributed by atoms with van der Waals surface area (Å²) in [6.07, 6.45) is 4.40. The lowest BCUT2D eigenvalue weighted by molar-refractivity contribution is -0.143. The molecule has 0 aromatic heterocycles. The average Bonchev–Trinajstić information content (AvgIpc) is 3.41. The van der Waals surface area contributed by atoms with Gasteiger partial charge in [-0.3, -0.25) is 9.59 Å². The zero-order chi connectivity index (χ0) is 27.1. The van der Waals surface area contributed by atoms with Crippen molar-refractivity contribution in [3.8, 4) is 5.75 Å². The molecule has 0 unspecified atom stereocenters. The molecule has 0 heterocycles. The fourth-order valence-corrected chi connectivity index (χ4v) is 5.62. The van der Waals surface area contributed by atoms with Gasteiger partial charge in [-0.1, -0.05) is 100.0 Å². The van der Waals surface area contributed by atoms with Crippen LogP contribution in [0.15, 0.2) is 71.2 Å². The van der Waals surface area contributed by atoms with Gasteiger partial charge >= 0.3 is 0 Å². The van der Waals surface area contributed by atoms with E-state index >= 15 is 0 Å². The fraction of sp³-hybridized carbons (Fsp3) is 0.310. The largest absolute Gasteiger partial charge is 0.482 e. The Labute approximate surface area is 246 Å². The molecule has 1 saturated carbocycles. The van der Waals surface area contributed by atoms with Crippen molar-refractivity contribution in [1.82, 2.24) is 10.2 Å². The Morgan fingerprint density at radius 2 is 1.66 bits per heavy atom. The Hall–Kier alpha value is -2.25. The number of nitrogens with one attached hydrogen (secondary N) is 1. The van der Waals surface area contributed by atoms with Crippen LogP contribution in [0.25, 0.3) is 0 Å². The van der Waals surface area contributed by atoms with Crippen molar-refractivity contribution in [2.75, 3.05) is 6.61 Å². The minimum absolute atomic E-state index is 0.112. The first-order valence-electron chi connectivity index (χ1n) is 12.5. The summed E-state index contributed by atoms with van der Waals surface area (Å²) in [5, 5.41) is 4.36. The molecule has 38 heavy (non-hydrogen) atoms. The Morgan fingerprint density at radius 1 is 0.921 bits per heavy atom. The second kappa shape index (κ2) is 13.7. The van der Waals surface area contributed by atoms with Crippen LogP contribution in [-0.2, 0) is 22.6 Å². The van der Waals surface area contributed by atoms with Gasteiger partial charge in [-0.15, -0.1) is 0 Å². The van der Waals surface area contributed by atoms with Gasteiger partial charge in [0.25, 0.3) is 5.91 Å². The highest BCUT2D eigenvalue weighted by molar-refractivity contribution is 9.10. The lowest BCUT2D eigenvalue weighted by Crippen LogP contribution is -2.53. The van der Waals surface area contributed by atoms with Gasteiger partial charge in [-0.05, 0) is 54.3 Å². The molecule has 1 fully saturated rings. The summed E-state index contributed by atoms with van der Waals surface area (Å²) < 4.78 is 6.61. The molecule has 1 atom stereocenters. The molecule has 1 aliphatic carbocycles. The SMILES string of the molecule is O=C(NC1CCCC1)[C@@H](Cc1ccccc1)N(Cc1ccc(Cl)c(Cl)c1)C(=O)COc1ccc(Br)cc1Cl. The molecule has 0 radical (unpaired) electrons. The zero-order valence-corrected chi connectivity index (χ0v) is 24.5. The molecule has 200 valence electrons. The van der Waals surface area contributed by atoms with Crippen molar-refractivity contribution in [3.05, 3.63) is 97.4 Å². The first-order valence-corrected chi connectivity index (χ1v) is 14.4. The first kappa shape index (κ1) is 28.8. The predicted molar refractivity (Wildman–Crippen MR) is 156 cm³/mol. The van der Waals surface area contributed by atoms with E-state index in [4.69, 9.17) is 39.5 Å². The molecule has 0 bridgehead atoms. The van der Waals surface area contributed by atoms with Gasteiger partial charge in [-0.25, -0.2) is 0 Å².